The van der Waals surface area contributed by atoms with Crippen LogP contribution in [0.3, 0.4) is 0 Å². The van der Waals surface area contributed by atoms with E-state index in [1.165, 1.54) is 19.3 Å². The van der Waals surface area contributed by atoms with Crippen molar-refractivity contribution in [2.75, 3.05) is 13.2 Å². The molecular formula is C13H26N2OS. The Hall–Kier alpha value is -0.350. The van der Waals surface area contributed by atoms with Gasteiger partial charge in [-0.3, -0.25) is 0 Å². The van der Waals surface area contributed by atoms with E-state index in [1.807, 2.05) is 0 Å². The highest BCUT2D eigenvalue weighted by Gasteiger charge is 2.30. The number of hydrogen-bond donors (Lipinski definition) is 3. The quantitative estimate of drug-likeness (QED) is 0.674. The first-order valence-corrected chi connectivity index (χ1v) is 7.10. The van der Waals surface area contributed by atoms with Crippen molar-refractivity contribution in [2.45, 2.75) is 46.1 Å². The molecule has 1 saturated carbocycles. The van der Waals surface area contributed by atoms with E-state index in [0.717, 1.165) is 5.92 Å². The molecule has 0 amide bonds. The second-order valence-corrected chi connectivity index (χ2v) is 5.96. The SMILES string of the molecule is CC(C)[C@@H]1CC[C@@H](C)CC1NC(=S)NCCO. The zero-order valence-corrected chi connectivity index (χ0v) is 12.0. The summed E-state index contributed by atoms with van der Waals surface area (Å²) in [6, 6.07) is 0.484. The Labute approximate surface area is 110 Å². The number of rotatable bonds is 4. The number of hydrogen-bond acceptors (Lipinski definition) is 2. The third-order valence-electron chi connectivity index (χ3n) is 3.74. The van der Waals surface area contributed by atoms with Crippen molar-refractivity contribution < 1.29 is 5.11 Å². The molecule has 1 rings (SSSR count). The van der Waals surface area contributed by atoms with Gasteiger partial charge in [0, 0.05) is 12.6 Å². The number of aliphatic hydroxyl groups is 1. The van der Waals surface area contributed by atoms with Crippen LogP contribution in [0.15, 0.2) is 0 Å². The number of thiocarbonyl (C=S) groups is 1. The summed E-state index contributed by atoms with van der Waals surface area (Å²) >= 11 is 5.25. The van der Waals surface area contributed by atoms with Crippen LogP contribution in [-0.4, -0.2) is 29.4 Å². The molecule has 0 spiro atoms. The molecule has 3 atom stereocenters. The maximum Gasteiger partial charge on any atom is 0.166 e. The van der Waals surface area contributed by atoms with E-state index in [1.54, 1.807) is 0 Å². The van der Waals surface area contributed by atoms with E-state index >= 15 is 0 Å². The van der Waals surface area contributed by atoms with Gasteiger partial charge >= 0.3 is 0 Å². The summed E-state index contributed by atoms with van der Waals surface area (Å²) in [6.07, 6.45) is 3.82. The van der Waals surface area contributed by atoms with Crippen LogP contribution in [0.25, 0.3) is 0 Å². The van der Waals surface area contributed by atoms with Crippen LogP contribution in [0.5, 0.6) is 0 Å². The van der Waals surface area contributed by atoms with Gasteiger partial charge in [-0.1, -0.05) is 27.2 Å². The number of aliphatic hydroxyl groups excluding tert-OH is 1. The predicted octanol–water partition coefficient (Wildman–Crippen LogP) is 1.90. The average molecular weight is 258 g/mol. The van der Waals surface area contributed by atoms with Crippen molar-refractivity contribution in [1.29, 1.82) is 0 Å². The van der Waals surface area contributed by atoms with Crippen LogP contribution in [0, 0.1) is 17.8 Å². The van der Waals surface area contributed by atoms with Gasteiger partial charge in [0.1, 0.15) is 0 Å². The Morgan fingerprint density at radius 3 is 2.71 bits per heavy atom. The van der Waals surface area contributed by atoms with Crippen molar-refractivity contribution in [1.82, 2.24) is 10.6 Å². The summed E-state index contributed by atoms with van der Waals surface area (Å²) in [5, 5.41) is 15.9. The van der Waals surface area contributed by atoms with Crippen LogP contribution in [0.1, 0.15) is 40.0 Å². The fourth-order valence-corrected chi connectivity index (χ4v) is 3.01. The first kappa shape index (κ1) is 14.7. The van der Waals surface area contributed by atoms with Crippen molar-refractivity contribution in [3.8, 4) is 0 Å². The van der Waals surface area contributed by atoms with Gasteiger partial charge in [0.25, 0.3) is 0 Å². The summed E-state index contributed by atoms with van der Waals surface area (Å²) in [4.78, 5) is 0. The highest BCUT2D eigenvalue weighted by Crippen LogP contribution is 2.33. The molecule has 3 N–H and O–H groups in total. The second kappa shape index (κ2) is 7.17. The zero-order valence-electron chi connectivity index (χ0n) is 11.2. The maximum absolute atomic E-state index is 8.75. The van der Waals surface area contributed by atoms with E-state index in [9.17, 15) is 0 Å². The lowest BCUT2D eigenvalue weighted by Crippen LogP contribution is -2.49. The molecule has 0 aromatic heterocycles. The van der Waals surface area contributed by atoms with Crippen molar-refractivity contribution in [3.63, 3.8) is 0 Å². The van der Waals surface area contributed by atoms with Gasteiger partial charge < -0.3 is 15.7 Å². The molecule has 0 saturated heterocycles. The van der Waals surface area contributed by atoms with E-state index < -0.39 is 0 Å². The molecule has 0 aliphatic heterocycles. The Morgan fingerprint density at radius 2 is 2.12 bits per heavy atom. The molecule has 100 valence electrons. The molecular weight excluding hydrogens is 232 g/mol. The summed E-state index contributed by atoms with van der Waals surface area (Å²) in [7, 11) is 0. The van der Waals surface area contributed by atoms with Gasteiger partial charge in [0.05, 0.1) is 6.61 Å². The van der Waals surface area contributed by atoms with E-state index in [0.29, 0.717) is 29.5 Å². The Morgan fingerprint density at radius 1 is 1.41 bits per heavy atom. The summed E-state index contributed by atoms with van der Waals surface area (Å²) < 4.78 is 0. The molecule has 1 unspecified atom stereocenters. The Bertz CT molecular complexity index is 246. The molecule has 0 bridgehead atoms. The molecule has 1 aliphatic rings. The minimum Gasteiger partial charge on any atom is -0.395 e. The third kappa shape index (κ3) is 4.80. The molecule has 0 heterocycles. The summed E-state index contributed by atoms with van der Waals surface area (Å²) in [5.41, 5.74) is 0. The van der Waals surface area contributed by atoms with Crippen molar-refractivity contribution in [3.05, 3.63) is 0 Å². The standard InChI is InChI=1S/C13H26N2OS/c1-9(2)11-5-4-10(3)8-12(11)15-13(17)14-6-7-16/h9-12,16H,4-8H2,1-3H3,(H2,14,15,17)/t10-,11+,12?/m1/s1. The minimum absolute atomic E-state index is 0.122. The lowest BCUT2D eigenvalue weighted by atomic mass is 9.74. The van der Waals surface area contributed by atoms with Crippen LogP contribution in [0.2, 0.25) is 0 Å². The van der Waals surface area contributed by atoms with Crippen LogP contribution < -0.4 is 10.6 Å². The van der Waals surface area contributed by atoms with Crippen LogP contribution in [0.4, 0.5) is 0 Å². The zero-order chi connectivity index (χ0) is 12.8. The van der Waals surface area contributed by atoms with E-state index in [2.05, 4.69) is 31.4 Å². The lowest BCUT2D eigenvalue weighted by Gasteiger charge is -2.38. The van der Waals surface area contributed by atoms with Crippen molar-refractivity contribution in [2.24, 2.45) is 17.8 Å². The molecule has 0 radical (unpaired) electrons. The Kier molecular flexibility index (Phi) is 6.20. The third-order valence-corrected chi connectivity index (χ3v) is 4.00. The summed E-state index contributed by atoms with van der Waals surface area (Å²) in [6.45, 7) is 7.55. The maximum atomic E-state index is 8.75. The molecule has 17 heavy (non-hydrogen) atoms. The Balaban J connectivity index is 2.48. The fourth-order valence-electron chi connectivity index (χ4n) is 2.76. The molecule has 1 fully saturated rings. The molecule has 4 heteroatoms. The van der Waals surface area contributed by atoms with Gasteiger partial charge in [-0.25, -0.2) is 0 Å². The van der Waals surface area contributed by atoms with E-state index in [-0.39, 0.29) is 6.61 Å². The first-order valence-electron chi connectivity index (χ1n) is 6.69. The lowest BCUT2D eigenvalue weighted by molar-refractivity contribution is 0.185. The molecule has 3 nitrogen and oxygen atoms in total. The molecule has 0 aromatic carbocycles. The number of nitrogens with one attached hydrogen (secondary N) is 2. The highest BCUT2D eigenvalue weighted by atomic mass is 32.1. The highest BCUT2D eigenvalue weighted by molar-refractivity contribution is 7.80. The van der Waals surface area contributed by atoms with Gasteiger partial charge in [-0.15, -0.1) is 0 Å². The van der Waals surface area contributed by atoms with Crippen molar-refractivity contribution >= 4 is 17.3 Å². The first-order chi connectivity index (χ1) is 8.04. The molecule has 0 aromatic rings. The van der Waals surface area contributed by atoms with Crippen LogP contribution in [-0.2, 0) is 0 Å². The normalized spacial score (nSPS) is 29.1. The molecule has 1 aliphatic carbocycles. The predicted molar refractivity (Wildman–Crippen MR) is 76.0 cm³/mol. The average Bonchev–Trinajstić information content (AvgIpc) is 2.26. The van der Waals surface area contributed by atoms with Gasteiger partial charge in [-0.05, 0) is 42.8 Å². The largest absolute Gasteiger partial charge is 0.395 e. The minimum atomic E-state index is 0.122. The fraction of sp³-hybridized carbons (Fsp3) is 0.923. The van der Waals surface area contributed by atoms with Crippen LogP contribution >= 0.6 is 12.2 Å². The monoisotopic (exact) mass is 258 g/mol. The van der Waals surface area contributed by atoms with Gasteiger partial charge in [-0.2, -0.15) is 0 Å². The van der Waals surface area contributed by atoms with E-state index in [4.69, 9.17) is 17.3 Å². The second-order valence-electron chi connectivity index (χ2n) is 5.56. The smallest absolute Gasteiger partial charge is 0.166 e. The summed E-state index contributed by atoms with van der Waals surface area (Å²) in [5.74, 6) is 2.18. The topological polar surface area (TPSA) is 44.3 Å². The van der Waals surface area contributed by atoms with Gasteiger partial charge in [0.2, 0.25) is 0 Å². The van der Waals surface area contributed by atoms with Gasteiger partial charge in [0.15, 0.2) is 5.11 Å².